The SMILES string of the molecule is CN=CC(=CN)Nc1ncc(Cl)c(NCc2cccc(Br)c2)n1. The highest BCUT2D eigenvalue weighted by Crippen LogP contribution is 2.21. The van der Waals surface area contributed by atoms with Crippen molar-refractivity contribution in [1.82, 2.24) is 9.97 Å². The summed E-state index contributed by atoms with van der Waals surface area (Å²) in [5, 5.41) is 6.59. The van der Waals surface area contributed by atoms with E-state index in [0.717, 1.165) is 10.0 Å². The van der Waals surface area contributed by atoms with Gasteiger partial charge in [0.25, 0.3) is 0 Å². The highest BCUT2D eigenvalue weighted by Gasteiger charge is 2.06. The Balaban J connectivity index is 2.11. The van der Waals surface area contributed by atoms with Crippen LogP contribution in [0.1, 0.15) is 5.56 Å². The third-order valence-electron chi connectivity index (χ3n) is 2.80. The number of nitrogens with two attached hydrogens (primary N) is 1. The number of allylic oxidation sites excluding steroid dienone is 1. The number of rotatable bonds is 6. The van der Waals surface area contributed by atoms with Gasteiger partial charge in [0, 0.05) is 30.5 Å². The maximum Gasteiger partial charge on any atom is 0.229 e. The van der Waals surface area contributed by atoms with Crippen LogP contribution in [0.5, 0.6) is 0 Å². The van der Waals surface area contributed by atoms with Crippen LogP contribution < -0.4 is 16.4 Å². The summed E-state index contributed by atoms with van der Waals surface area (Å²) >= 11 is 9.58. The molecule has 0 unspecified atom stereocenters. The Bertz CT molecular complexity index is 732. The van der Waals surface area contributed by atoms with Gasteiger partial charge in [-0.05, 0) is 17.7 Å². The molecule has 0 spiro atoms. The maximum absolute atomic E-state index is 6.14. The van der Waals surface area contributed by atoms with Crippen molar-refractivity contribution >= 4 is 45.5 Å². The third-order valence-corrected chi connectivity index (χ3v) is 3.57. The molecule has 0 atom stereocenters. The van der Waals surface area contributed by atoms with E-state index >= 15 is 0 Å². The normalized spacial score (nSPS) is 11.7. The quantitative estimate of drug-likeness (QED) is 0.652. The van der Waals surface area contributed by atoms with Gasteiger partial charge in [-0.25, -0.2) is 4.98 Å². The Morgan fingerprint density at radius 2 is 2.30 bits per heavy atom. The van der Waals surface area contributed by atoms with E-state index in [1.165, 1.54) is 12.4 Å². The van der Waals surface area contributed by atoms with Gasteiger partial charge in [0.1, 0.15) is 5.02 Å². The average molecular weight is 396 g/mol. The Morgan fingerprint density at radius 1 is 1.48 bits per heavy atom. The standard InChI is InChI=1S/C15H16BrClN6/c1-19-8-12(6-18)22-15-21-9-13(17)14(23-15)20-7-10-3-2-4-11(16)5-10/h2-6,8-9H,7,18H2,1H3,(H2,20,21,22,23). The molecule has 0 amide bonds. The lowest BCUT2D eigenvalue weighted by molar-refractivity contribution is 1.08. The van der Waals surface area contributed by atoms with Crippen LogP contribution in [-0.4, -0.2) is 23.2 Å². The van der Waals surface area contributed by atoms with Crippen molar-refractivity contribution in [2.24, 2.45) is 10.7 Å². The Labute approximate surface area is 148 Å². The number of aromatic nitrogens is 2. The molecule has 8 heteroatoms. The van der Waals surface area contributed by atoms with Crippen LogP contribution in [0.25, 0.3) is 0 Å². The van der Waals surface area contributed by atoms with Gasteiger partial charge in [0.05, 0.1) is 11.9 Å². The summed E-state index contributed by atoms with van der Waals surface area (Å²) in [6, 6.07) is 7.98. The summed E-state index contributed by atoms with van der Waals surface area (Å²) in [7, 11) is 1.65. The third kappa shape index (κ3) is 5.22. The zero-order valence-electron chi connectivity index (χ0n) is 12.4. The van der Waals surface area contributed by atoms with Crippen molar-refractivity contribution < 1.29 is 0 Å². The van der Waals surface area contributed by atoms with Gasteiger partial charge >= 0.3 is 0 Å². The highest BCUT2D eigenvalue weighted by molar-refractivity contribution is 9.10. The first-order valence-corrected chi connectivity index (χ1v) is 7.91. The van der Waals surface area contributed by atoms with E-state index in [1.54, 1.807) is 13.3 Å². The molecule has 0 radical (unpaired) electrons. The molecule has 120 valence electrons. The van der Waals surface area contributed by atoms with Crippen LogP contribution in [0.3, 0.4) is 0 Å². The molecule has 4 N–H and O–H groups in total. The van der Waals surface area contributed by atoms with E-state index in [-0.39, 0.29) is 0 Å². The molecule has 23 heavy (non-hydrogen) atoms. The fraction of sp³-hybridized carbons (Fsp3) is 0.133. The monoisotopic (exact) mass is 394 g/mol. The van der Waals surface area contributed by atoms with E-state index in [1.807, 2.05) is 24.3 Å². The minimum Gasteiger partial charge on any atom is -0.403 e. The topological polar surface area (TPSA) is 88.2 Å². The number of anilines is 2. The lowest BCUT2D eigenvalue weighted by atomic mass is 10.2. The molecular formula is C15H16BrClN6. The van der Waals surface area contributed by atoms with Gasteiger partial charge in [-0.1, -0.05) is 39.7 Å². The Kier molecular flexibility index (Phi) is 6.37. The minimum absolute atomic E-state index is 0.378. The summed E-state index contributed by atoms with van der Waals surface area (Å²) in [5.41, 5.74) is 7.20. The fourth-order valence-electron chi connectivity index (χ4n) is 1.77. The molecule has 0 bridgehead atoms. The number of hydrogen-bond donors (Lipinski definition) is 3. The first kappa shape index (κ1) is 17.2. The van der Waals surface area contributed by atoms with Crippen molar-refractivity contribution in [3.63, 3.8) is 0 Å². The maximum atomic E-state index is 6.14. The molecule has 6 nitrogen and oxygen atoms in total. The molecule has 1 aromatic carbocycles. The van der Waals surface area contributed by atoms with Crippen LogP contribution in [0.2, 0.25) is 5.02 Å². The average Bonchev–Trinajstić information content (AvgIpc) is 2.55. The van der Waals surface area contributed by atoms with E-state index in [2.05, 4.69) is 41.5 Å². The van der Waals surface area contributed by atoms with Crippen LogP contribution in [0.4, 0.5) is 11.8 Å². The second-order valence-corrected chi connectivity index (χ2v) is 5.83. The molecule has 0 saturated carbocycles. The van der Waals surface area contributed by atoms with Crippen LogP contribution >= 0.6 is 27.5 Å². The van der Waals surface area contributed by atoms with Crippen LogP contribution in [-0.2, 0) is 6.54 Å². The summed E-state index contributed by atoms with van der Waals surface area (Å²) in [4.78, 5) is 12.4. The molecule has 2 rings (SSSR count). The second kappa shape index (κ2) is 8.50. The number of halogens is 2. The smallest absolute Gasteiger partial charge is 0.229 e. The molecule has 1 heterocycles. The molecule has 0 aliphatic carbocycles. The highest BCUT2D eigenvalue weighted by atomic mass is 79.9. The van der Waals surface area contributed by atoms with Crippen molar-refractivity contribution in [3.8, 4) is 0 Å². The summed E-state index contributed by atoms with van der Waals surface area (Å²) in [6.45, 7) is 0.589. The summed E-state index contributed by atoms with van der Waals surface area (Å²) in [6.07, 6.45) is 4.49. The summed E-state index contributed by atoms with van der Waals surface area (Å²) in [5.74, 6) is 0.914. The predicted molar refractivity (Wildman–Crippen MR) is 98.8 cm³/mol. The van der Waals surface area contributed by atoms with Gasteiger partial charge in [0.2, 0.25) is 5.95 Å². The van der Waals surface area contributed by atoms with Gasteiger partial charge in [-0.15, -0.1) is 0 Å². The van der Waals surface area contributed by atoms with Gasteiger partial charge in [0.15, 0.2) is 5.82 Å². The van der Waals surface area contributed by atoms with E-state index in [4.69, 9.17) is 17.3 Å². The number of benzene rings is 1. The van der Waals surface area contributed by atoms with Crippen LogP contribution in [0.15, 0.2) is 51.8 Å². The zero-order chi connectivity index (χ0) is 16.7. The van der Waals surface area contributed by atoms with Gasteiger partial charge < -0.3 is 16.4 Å². The minimum atomic E-state index is 0.378. The second-order valence-electron chi connectivity index (χ2n) is 4.51. The number of nitrogens with one attached hydrogen (secondary N) is 2. The predicted octanol–water partition coefficient (Wildman–Crippen LogP) is 3.42. The van der Waals surface area contributed by atoms with E-state index in [0.29, 0.717) is 29.0 Å². The Hall–Kier alpha value is -2.12. The lowest BCUT2D eigenvalue weighted by Crippen LogP contribution is -2.09. The molecule has 2 aromatic rings. The first-order valence-electron chi connectivity index (χ1n) is 6.74. The molecule has 0 aliphatic heterocycles. The largest absolute Gasteiger partial charge is 0.403 e. The number of aliphatic imine (C=N–C) groups is 1. The zero-order valence-corrected chi connectivity index (χ0v) is 14.8. The van der Waals surface area contributed by atoms with Gasteiger partial charge in [-0.3, -0.25) is 4.99 Å². The van der Waals surface area contributed by atoms with E-state index < -0.39 is 0 Å². The van der Waals surface area contributed by atoms with E-state index in [9.17, 15) is 0 Å². The van der Waals surface area contributed by atoms with Crippen molar-refractivity contribution in [1.29, 1.82) is 0 Å². The molecular weight excluding hydrogens is 380 g/mol. The van der Waals surface area contributed by atoms with Crippen molar-refractivity contribution in [2.45, 2.75) is 6.54 Å². The van der Waals surface area contributed by atoms with Crippen LogP contribution in [0, 0.1) is 0 Å². The van der Waals surface area contributed by atoms with Crippen molar-refractivity contribution in [2.75, 3.05) is 17.7 Å². The lowest BCUT2D eigenvalue weighted by Gasteiger charge is -2.10. The first-order chi connectivity index (χ1) is 11.1. The molecule has 0 saturated heterocycles. The summed E-state index contributed by atoms with van der Waals surface area (Å²) < 4.78 is 1.02. The number of hydrogen-bond acceptors (Lipinski definition) is 6. The fourth-order valence-corrected chi connectivity index (χ4v) is 2.37. The molecule has 0 aliphatic rings. The van der Waals surface area contributed by atoms with Gasteiger partial charge in [-0.2, -0.15) is 4.98 Å². The Morgan fingerprint density at radius 3 is 3.00 bits per heavy atom. The molecule has 0 fully saturated rings. The van der Waals surface area contributed by atoms with Crippen molar-refractivity contribution in [3.05, 3.63) is 57.4 Å². The molecule has 1 aromatic heterocycles. The number of nitrogens with zero attached hydrogens (tertiary/aromatic N) is 3.